The number of hydrogen-bond donors (Lipinski definition) is 2. The van der Waals surface area contributed by atoms with Crippen molar-refractivity contribution < 1.29 is 19.1 Å². The predicted octanol–water partition coefficient (Wildman–Crippen LogP) is 5.37. The molecular formula is C27H26BrN5O4. The van der Waals surface area contributed by atoms with Crippen LogP contribution in [0.3, 0.4) is 0 Å². The van der Waals surface area contributed by atoms with E-state index in [1.54, 1.807) is 18.5 Å². The first-order valence-corrected chi connectivity index (χ1v) is 13.2. The van der Waals surface area contributed by atoms with Crippen LogP contribution in [0.4, 0.5) is 0 Å². The maximum atomic E-state index is 13.3. The van der Waals surface area contributed by atoms with E-state index in [1.807, 2.05) is 24.3 Å². The van der Waals surface area contributed by atoms with Crippen LogP contribution < -0.4 is 5.32 Å². The van der Waals surface area contributed by atoms with Crippen LogP contribution in [0.15, 0.2) is 39.2 Å². The summed E-state index contributed by atoms with van der Waals surface area (Å²) in [5.74, 6) is -0.701. The molecule has 1 saturated carbocycles. The lowest BCUT2D eigenvalue weighted by Crippen LogP contribution is -2.47. The zero-order valence-corrected chi connectivity index (χ0v) is 22.2. The molecule has 1 fully saturated rings. The minimum atomic E-state index is -1.04. The standard InChI is InChI=1S/C27H26BrN5O4/c1-12(2)23(27(35)36)29-26(34)14-6-5-9-17(14)33-25(30-31-32-33)20-15-7-4-8-16(20)24-22(28)21-18(37-24)11-10-13(3)19(15)21/h4,7-8,10-12,14,17,23H,5-6,9H2,1-3H3,(H,29,34)(H,35,36)/t14?,17?,23-/m0/s1. The summed E-state index contributed by atoms with van der Waals surface area (Å²) in [5.41, 5.74) is 5.70. The van der Waals surface area contributed by atoms with Crippen molar-refractivity contribution in [3.05, 3.63) is 40.4 Å². The number of carbonyl (C=O) groups excluding carboxylic acids is 1. The Bertz CT molecular complexity index is 1570. The van der Waals surface area contributed by atoms with Gasteiger partial charge in [-0.05, 0) is 74.8 Å². The second kappa shape index (κ2) is 8.79. The van der Waals surface area contributed by atoms with Gasteiger partial charge in [0.05, 0.1) is 16.4 Å². The van der Waals surface area contributed by atoms with E-state index in [0.717, 1.165) is 56.1 Å². The van der Waals surface area contributed by atoms with Crippen molar-refractivity contribution in [1.29, 1.82) is 0 Å². The summed E-state index contributed by atoms with van der Waals surface area (Å²) in [7, 11) is 0. The van der Waals surface area contributed by atoms with Gasteiger partial charge >= 0.3 is 5.97 Å². The number of halogens is 1. The number of aryl methyl sites for hydroxylation is 1. The highest BCUT2D eigenvalue weighted by Gasteiger charge is 2.40. The molecule has 2 aromatic carbocycles. The SMILES string of the molecule is Cc1ccc2oc3c(Br)c2c1-c1cccc-3c1-c1nnnn1C1CCCC1C(=O)N[C@H](C(=O)O)C(C)C. The Hall–Kier alpha value is -3.53. The molecule has 1 amide bonds. The molecule has 6 rings (SSSR count). The van der Waals surface area contributed by atoms with Crippen LogP contribution >= 0.6 is 15.9 Å². The number of nitrogens with zero attached hydrogens (tertiary/aromatic N) is 4. The third-order valence-electron chi connectivity index (χ3n) is 7.66. The van der Waals surface area contributed by atoms with Gasteiger partial charge in [-0.15, -0.1) is 5.10 Å². The van der Waals surface area contributed by atoms with Gasteiger partial charge < -0.3 is 14.8 Å². The van der Waals surface area contributed by atoms with Crippen LogP contribution in [-0.2, 0) is 9.59 Å². The molecule has 3 atom stereocenters. The molecule has 2 heterocycles. The van der Waals surface area contributed by atoms with E-state index in [0.29, 0.717) is 18.0 Å². The summed E-state index contributed by atoms with van der Waals surface area (Å²) >= 11 is 3.78. The van der Waals surface area contributed by atoms with Crippen LogP contribution in [0.25, 0.3) is 44.8 Å². The normalized spacial score (nSPS) is 18.9. The summed E-state index contributed by atoms with van der Waals surface area (Å²) in [6.07, 6.45) is 2.18. The molecule has 9 nitrogen and oxygen atoms in total. The molecule has 2 aromatic heterocycles. The van der Waals surface area contributed by atoms with Crippen molar-refractivity contribution in [1.82, 2.24) is 25.5 Å². The fraction of sp³-hybridized carbons (Fsp3) is 0.370. The summed E-state index contributed by atoms with van der Waals surface area (Å²) in [6.45, 7) is 5.64. The molecule has 0 saturated heterocycles. The Morgan fingerprint density at radius 2 is 1.95 bits per heavy atom. The monoisotopic (exact) mass is 563 g/mol. The molecule has 2 N–H and O–H groups in total. The average molecular weight is 564 g/mol. The molecule has 0 spiro atoms. The number of carbonyl (C=O) groups is 2. The smallest absolute Gasteiger partial charge is 0.326 e. The topological polar surface area (TPSA) is 123 Å². The number of tetrazole rings is 1. The van der Waals surface area contributed by atoms with Gasteiger partial charge in [0.2, 0.25) is 5.91 Å². The molecular weight excluding hydrogens is 538 g/mol. The van der Waals surface area contributed by atoms with Crippen molar-refractivity contribution in [3.63, 3.8) is 0 Å². The van der Waals surface area contributed by atoms with Gasteiger partial charge in [0, 0.05) is 16.5 Å². The first kappa shape index (κ1) is 23.8. The molecule has 190 valence electrons. The van der Waals surface area contributed by atoms with Crippen LogP contribution in [-0.4, -0.2) is 43.2 Å². The largest absolute Gasteiger partial charge is 0.480 e. The number of amides is 1. The molecule has 0 aliphatic heterocycles. The van der Waals surface area contributed by atoms with Gasteiger partial charge in [0.25, 0.3) is 0 Å². The van der Waals surface area contributed by atoms with Gasteiger partial charge in [-0.2, -0.15) is 0 Å². The highest BCUT2D eigenvalue weighted by Crippen LogP contribution is 2.52. The molecule has 37 heavy (non-hydrogen) atoms. The van der Waals surface area contributed by atoms with E-state index in [-0.39, 0.29) is 17.9 Å². The Balaban J connectivity index is 1.45. The minimum absolute atomic E-state index is 0.233. The van der Waals surface area contributed by atoms with E-state index >= 15 is 0 Å². The second-order valence-electron chi connectivity index (χ2n) is 10.2. The van der Waals surface area contributed by atoms with Crippen molar-refractivity contribution >= 4 is 38.8 Å². The lowest BCUT2D eigenvalue weighted by Gasteiger charge is -2.24. The number of carboxylic acid groups (broad SMARTS) is 1. The number of benzene rings is 2. The highest BCUT2D eigenvalue weighted by atomic mass is 79.9. The summed E-state index contributed by atoms with van der Waals surface area (Å²) < 4.78 is 8.93. The number of furan rings is 1. The van der Waals surface area contributed by atoms with E-state index in [1.165, 1.54) is 0 Å². The maximum absolute atomic E-state index is 13.3. The molecule has 2 aliphatic rings. The van der Waals surface area contributed by atoms with Gasteiger partial charge in [-0.3, -0.25) is 4.79 Å². The van der Waals surface area contributed by atoms with Crippen molar-refractivity contribution in [3.8, 4) is 33.8 Å². The number of rotatable bonds is 6. The average Bonchev–Trinajstić information content (AvgIpc) is 3.59. The Morgan fingerprint density at radius 3 is 2.70 bits per heavy atom. The number of hydrogen-bond acceptors (Lipinski definition) is 6. The number of nitrogens with one attached hydrogen (secondary N) is 1. The van der Waals surface area contributed by atoms with Crippen LogP contribution in [0.1, 0.15) is 44.7 Å². The fourth-order valence-electron chi connectivity index (χ4n) is 5.86. The molecule has 10 heteroatoms. The van der Waals surface area contributed by atoms with E-state index in [4.69, 9.17) is 4.42 Å². The first-order chi connectivity index (χ1) is 17.8. The molecule has 4 bridgehead atoms. The van der Waals surface area contributed by atoms with Crippen molar-refractivity contribution in [2.24, 2.45) is 11.8 Å². The number of aliphatic carboxylic acids is 1. The highest BCUT2D eigenvalue weighted by molar-refractivity contribution is 9.10. The molecule has 0 radical (unpaired) electrons. The lowest BCUT2D eigenvalue weighted by molar-refractivity contribution is -0.144. The van der Waals surface area contributed by atoms with Crippen LogP contribution in [0, 0.1) is 18.8 Å². The third-order valence-corrected chi connectivity index (χ3v) is 8.42. The Labute approximate surface area is 221 Å². The number of aromatic nitrogens is 4. The summed E-state index contributed by atoms with van der Waals surface area (Å²) in [6, 6.07) is 8.87. The maximum Gasteiger partial charge on any atom is 0.326 e. The number of fused-ring (bicyclic) bond motifs is 5. The summed E-state index contributed by atoms with van der Waals surface area (Å²) in [4.78, 5) is 25.0. The summed E-state index contributed by atoms with van der Waals surface area (Å²) in [5, 5.41) is 26.2. The van der Waals surface area contributed by atoms with E-state index in [2.05, 4.69) is 49.8 Å². The Kier molecular flexibility index (Phi) is 5.67. The zero-order valence-electron chi connectivity index (χ0n) is 20.7. The van der Waals surface area contributed by atoms with Crippen molar-refractivity contribution in [2.75, 3.05) is 0 Å². The van der Waals surface area contributed by atoms with E-state index in [9.17, 15) is 14.7 Å². The minimum Gasteiger partial charge on any atom is -0.480 e. The van der Waals surface area contributed by atoms with Gasteiger partial charge in [-0.25, -0.2) is 9.48 Å². The van der Waals surface area contributed by atoms with Crippen molar-refractivity contribution in [2.45, 2.75) is 52.1 Å². The fourth-order valence-corrected chi connectivity index (χ4v) is 6.55. The number of carboxylic acids is 1. The van der Waals surface area contributed by atoms with Gasteiger partial charge in [0.1, 0.15) is 17.4 Å². The van der Waals surface area contributed by atoms with E-state index < -0.39 is 17.9 Å². The van der Waals surface area contributed by atoms with Gasteiger partial charge in [-0.1, -0.05) is 44.5 Å². The third kappa shape index (κ3) is 3.60. The van der Waals surface area contributed by atoms with Crippen LogP contribution in [0.5, 0.6) is 0 Å². The Morgan fingerprint density at radius 1 is 1.16 bits per heavy atom. The molecule has 2 unspecified atom stereocenters. The van der Waals surface area contributed by atoms with Crippen LogP contribution in [0.2, 0.25) is 0 Å². The lowest BCUT2D eigenvalue weighted by atomic mass is 9.91. The predicted molar refractivity (Wildman–Crippen MR) is 141 cm³/mol. The zero-order chi connectivity index (χ0) is 26.0. The second-order valence-corrected chi connectivity index (χ2v) is 11.0. The molecule has 2 aliphatic carbocycles. The molecule has 4 aromatic rings. The van der Waals surface area contributed by atoms with Gasteiger partial charge in [0.15, 0.2) is 5.82 Å². The first-order valence-electron chi connectivity index (χ1n) is 12.4. The quantitative estimate of drug-likeness (QED) is 0.284.